The van der Waals surface area contributed by atoms with Crippen LogP contribution < -0.4 is 15.5 Å². The van der Waals surface area contributed by atoms with Crippen molar-refractivity contribution in [3.05, 3.63) is 53.6 Å². The average Bonchev–Trinajstić information content (AvgIpc) is 2.84. The Morgan fingerprint density at radius 1 is 1.08 bits per heavy atom. The predicted molar refractivity (Wildman–Crippen MR) is 106 cm³/mol. The van der Waals surface area contributed by atoms with Crippen LogP contribution in [-0.4, -0.2) is 24.9 Å². The second-order valence-corrected chi connectivity index (χ2v) is 6.45. The number of carbonyl (C=O) groups excluding carboxylic acids is 2. The predicted octanol–water partition coefficient (Wildman–Crippen LogP) is 4.06. The van der Waals surface area contributed by atoms with E-state index in [0.717, 1.165) is 48.6 Å². The van der Waals surface area contributed by atoms with Gasteiger partial charge in [-0.1, -0.05) is 0 Å². The van der Waals surface area contributed by atoms with Gasteiger partial charge < -0.3 is 15.5 Å². The van der Waals surface area contributed by atoms with Gasteiger partial charge in [-0.3, -0.25) is 9.59 Å². The maximum atomic E-state index is 12.6. The molecule has 0 atom stereocenters. The molecule has 136 valence electrons. The van der Waals surface area contributed by atoms with Gasteiger partial charge in [-0.15, -0.1) is 0 Å². The minimum atomic E-state index is -0.140. The molecule has 0 saturated carbocycles. The fourth-order valence-corrected chi connectivity index (χ4v) is 3.26. The summed E-state index contributed by atoms with van der Waals surface area (Å²) in [4.78, 5) is 26.5. The third-order valence-electron chi connectivity index (χ3n) is 4.75. The lowest BCUT2D eigenvalue weighted by molar-refractivity contribution is -0.116. The molecule has 2 aromatic rings. The molecule has 0 fully saturated rings. The number of fused-ring (bicyclic) bond motifs is 1. The van der Waals surface area contributed by atoms with Gasteiger partial charge in [0.1, 0.15) is 0 Å². The smallest absolute Gasteiger partial charge is 0.255 e. The first-order valence-corrected chi connectivity index (χ1v) is 9.20. The van der Waals surface area contributed by atoms with Crippen LogP contribution >= 0.6 is 0 Å². The molecular weight excluding hydrogens is 326 g/mol. The number of amides is 2. The van der Waals surface area contributed by atoms with Gasteiger partial charge in [0.15, 0.2) is 0 Å². The minimum Gasteiger partial charge on any atom is -0.372 e. The molecule has 0 saturated heterocycles. The molecule has 0 unspecified atom stereocenters. The van der Waals surface area contributed by atoms with Gasteiger partial charge in [0.25, 0.3) is 5.91 Å². The van der Waals surface area contributed by atoms with Gasteiger partial charge in [0.05, 0.1) is 0 Å². The SMILES string of the molecule is CCN(CC)c1ccc(NC(=O)c2ccc3c(c2)CCCC(=O)N3)cc1. The molecule has 0 bridgehead atoms. The number of anilines is 3. The maximum absolute atomic E-state index is 12.6. The number of hydrogen-bond donors (Lipinski definition) is 2. The van der Waals surface area contributed by atoms with E-state index in [-0.39, 0.29) is 11.8 Å². The standard InChI is InChI=1S/C21H25N3O2/c1-3-24(4-2)18-11-9-17(10-12-18)22-21(26)16-8-13-19-15(14-16)6-5-7-20(25)23-19/h8-14H,3-7H2,1-2H3,(H,22,26)(H,23,25). The highest BCUT2D eigenvalue weighted by atomic mass is 16.2. The largest absolute Gasteiger partial charge is 0.372 e. The van der Waals surface area contributed by atoms with Crippen molar-refractivity contribution >= 4 is 28.9 Å². The highest BCUT2D eigenvalue weighted by Gasteiger charge is 2.15. The number of benzene rings is 2. The second-order valence-electron chi connectivity index (χ2n) is 6.45. The van der Waals surface area contributed by atoms with E-state index >= 15 is 0 Å². The van der Waals surface area contributed by atoms with Gasteiger partial charge in [-0.05, 0) is 74.7 Å². The highest BCUT2D eigenvalue weighted by Crippen LogP contribution is 2.24. The molecule has 0 aliphatic carbocycles. The summed E-state index contributed by atoms with van der Waals surface area (Å²) in [5, 5.41) is 5.84. The molecular formula is C21H25N3O2. The quantitative estimate of drug-likeness (QED) is 0.854. The molecule has 0 radical (unpaired) electrons. The summed E-state index contributed by atoms with van der Waals surface area (Å²) in [5.74, 6) is -0.104. The van der Waals surface area contributed by atoms with Gasteiger partial charge in [0.2, 0.25) is 5.91 Å². The van der Waals surface area contributed by atoms with Crippen LogP contribution in [0.25, 0.3) is 0 Å². The summed E-state index contributed by atoms with van der Waals surface area (Å²) in [6.45, 7) is 6.15. The van der Waals surface area contributed by atoms with Crippen LogP contribution in [0.2, 0.25) is 0 Å². The van der Waals surface area contributed by atoms with Crippen LogP contribution in [0.3, 0.4) is 0 Å². The Labute approximate surface area is 154 Å². The number of nitrogens with zero attached hydrogens (tertiary/aromatic N) is 1. The van der Waals surface area contributed by atoms with Crippen molar-refractivity contribution < 1.29 is 9.59 Å². The summed E-state index contributed by atoms with van der Waals surface area (Å²) in [6, 6.07) is 13.3. The van der Waals surface area contributed by atoms with E-state index in [1.807, 2.05) is 36.4 Å². The zero-order chi connectivity index (χ0) is 18.5. The average molecular weight is 351 g/mol. The first-order chi connectivity index (χ1) is 12.6. The van der Waals surface area contributed by atoms with E-state index in [4.69, 9.17) is 0 Å². The van der Waals surface area contributed by atoms with E-state index < -0.39 is 0 Å². The third-order valence-corrected chi connectivity index (χ3v) is 4.75. The van der Waals surface area contributed by atoms with Gasteiger partial charge in [0, 0.05) is 42.1 Å². The van der Waals surface area contributed by atoms with Gasteiger partial charge in [-0.25, -0.2) is 0 Å². The summed E-state index contributed by atoms with van der Waals surface area (Å²) in [6.07, 6.45) is 2.12. The number of hydrogen-bond acceptors (Lipinski definition) is 3. The molecule has 2 amide bonds. The second kappa shape index (κ2) is 8.04. The van der Waals surface area contributed by atoms with Gasteiger partial charge >= 0.3 is 0 Å². The molecule has 1 heterocycles. The Kier molecular flexibility index (Phi) is 5.56. The first kappa shape index (κ1) is 18.0. The van der Waals surface area contributed by atoms with E-state index in [2.05, 4.69) is 29.4 Å². The molecule has 26 heavy (non-hydrogen) atoms. The summed E-state index contributed by atoms with van der Waals surface area (Å²) >= 11 is 0. The molecule has 0 spiro atoms. The first-order valence-electron chi connectivity index (χ1n) is 9.20. The molecule has 3 rings (SSSR count). The lowest BCUT2D eigenvalue weighted by atomic mass is 10.0. The monoisotopic (exact) mass is 351 g/mol. The van der Waals surface area contributed by atoms with Crippen LogP contribution in [0.1, 0.15) is 42.6 Å². The van der Waals surface area contributed by atoms with E-state index in [1.54, 1.807) is 6.07 Å². The number of aryl methyl sites for hydroxylation is 1. The van der Waals surface area contributed by atoms with Crippen molar-refractivity contribution in [1.29, 1.82) is 0 Å². The Hall–Kier alpha value is -2.82. The molecule has 2 N–H and O–H groups in total. The Morgan fingerprint density at radius 3 is 2.50 bits per heavy atom. The molecule has 1 aliphatic heterocycles. The molecule has 0 aromatic heterocycles. The van der Waals surface area contributed by atoms with E-state index in [1.165, 1.54) is 0 Å². The maximum Gasteiger partial charge on any atom is 0.255 e. The Balaban J connectivity index is 1.72. The van der Waals surface area contributed by atoms with Gasteiger partial charge in [-0.2, -0.15) is 0 Å². The van der Waals surface area contributed by atoms with Crippen molar-refractivity contribution in [2.45, 2.75) is 33.1 Å². The number of nitrogens with one attached hydrogen (secondary N) is 2. The lowest BCUT2D eigenvalue weighted by Gasteiger charge is -2.21. The number of carbonyl (C=O) groups is 2. The van der Waals surface area contributed by atoms with Crippen LogP contribution in [0.4, 0.5) is 17.1 Å². The van der Waals surface area contributed by atoms with E-state index in [0.29, 0.717) is 12.0 Å². The minimum absolute atomic E-state index is 0.0363. The summed E-state index contributed by atoms with van der Waals surface area (Å²) < 4.78 is 0. The third kappa shape index (κ3) is 4.04. The zero-order valence-electron chi connectivity index (χ0n) is 15.3. The Bertz CT molecular complexity index is 795. The Morgan fingerprint density at radius 2 is 1.81 bits per heavy atom. The molecule has 2 aromatic carbocycles. The van der Waals surface area contributed by atoms with Crippen molar-refractivity contribution in [2.24, 2.45) is 0 Å². The van der Waals surface area contributed by atoms with Crippen LogP contribution in [0, 0.1) is 0 Å². The van der Waals surface area contributed by atoms with Crippen molar-refractivity contribution in [2.75, 3.05) is 28.6 Å². The summed E-state index contributed by atoms with van der Waals surface area (Å²) in [7, 11) is 0. The highest BCUT2D eigenvalue weighted by molar-refractivity contribution is 6.05. The van der Waals surface area contributed by atoms with Crippen molar-refractivity contribution in [1.82, 2.24) is 0 Å². The molecule has 5 nitrogen and oxygen atoms in total. The van der Waals surface area contributed by atoms with Crippen molar-refractivity contribution in [3.63, 3.8) is 0 Å². The van der Waals surface area contributed by atoms with Crippen LogP contribution in [0.15, 0.2) is 42.5 Å². The number of rotatable bonds is 5. The van der Waals surface area contributed by atoms with Crippen LogP contribution in [0.5, 0.6) is 0 Å². The zero-order valence-corrected chi connectivity index (χ0v) is 15.3. The molecule has 1 aliphatic rings. The fraction of sp³-hybridized carbons (Fsp3) is 0.333. The molecule has 5 heteroatoms. The topological polar surface area (TPSA) is 61.4 Å². The van der Waals surface area contributed by atoms with Crippen LogP contribution in [-0.2, 0) is 11.2 Å². The fourth-order valence-electron chi connectivity index (χ4n) is 3.26. The normalized spacial score (nSPS) is 13.4. The lowest BCUT2D eigenvalue weighted by Crippen LogP contribution is -2.21. The van der Waals surface area contributed by atoms with Crippen molar-refractivity contribution in [3.8, 4) is 0 Å². The van der Waals surface area contributed by atoms with E-state index in [9.17, 15) is 9.59 Å². The summed E-state index contributed by atoms with van der Waals surface area (Å²) in [5.41, 5.74) is 4.35.